The zero-order valence-corrected chi connectivity index (χ0v) is 17.3. The monoisotopic (exact) mass is 427 g/mol. The van der Waals surface area contributed by atoms with Gasteiger partial charge in [-0.15, -0.1) is 0 Å². The average Bonchev–Trinajstić information content (AvgIpc) is 3.15. The molecule has 9 heteroatoms. The lowest BCUT2D eigenvalue weighted by Crippen LogP contribution is -2.49. The number of rotatable bonds is 4. The molecular formula is C21H22ClN5O3. The number of pyridine rings is 1. The van der Waals surface area contributed by atoms with Crippen molar-refractivity contribution in [2.75, 3.05) is 38.6 Å². The minimum atomic E-state index is -0.482. The largest absolute Gasteiger partial charge is 0.465 e. The molecule has 1 N–H and O–H groups in total. The maximum Gasteiger partial charge on any atom is 0.339 e. The quantitative estimate of drug-likeness (QED) is 0.647. The molecule has 1 fully saturated rings. The van der Waals surface area contributed by atoms with E-state index in [0.29, 0.717) is 35.9 Å². The number of ether oxygens (including phenoxy) is 1. The van der Waals surface area contributed by atoms with Gasteiger partial charge in [0, 0.05) is 45.1 Å². The van der Waals surface area contributed by atoms with E-state index in [1.165, 1.54) is 7.11 Å². The van der Waals surface area contributed by atoms with Crippen LogP contribution in [0.15, 0.2) is 48.8 Å². The zero-order valence-electron chi connectivity index (χ0n) is 16.5. The van der Waals surface area contributed by atoms with E-state index in [9.17, 15) is 9.59 Å². The molecule has 156 valence electrons. The van der Waals surface area contributed by atoms with Crippen LogP contribution in [0.25, 0.3) is 5.65 Å². The Balaban J connectivity index is 1.34. The summed E-state index contributed by atoms with van der Waals surface area (Å²) in [5, 5.41) is 3.49. The summed E-state index contributed by atoms with van der Waals surface area (Å²) >= 11 is 6.03. The summed E-state index contributed by atoms with van der Waals surface area (Å²) < 4.78 is 6.69. The lowest BCUT2D eigenvalue weighted by molar-refractivity contribution is 0.0602. The van der Waals surface area contributed by atoms with Crippen LogP contribution in [0.5, 0.6) is 0 Å². The summed E-state index contributed by atoms with van der Waals surface area (Å²) in [5.41, 5.74) is 2.60. The number of nitrogens with one attached hydrogen (secondary N) is 1. The second-order valence-corrected chi connectivity index (χ2v) is 7.51. The van der Waals surface area contributed by atoms with E-state index < -0.39 is 5.97 Å². The molecular weight excluding hydrogens is 406 g/mol. The van der Waals surface area contributed by atoms with Gasteiger partial charge in [0.15, 0.2) is 0 Å². The first-order chi connectivity index (χ1) is 14.5. The third kappa shape index (κ3) is 4.39. The number of anilines is 1. The number of carbonyl (C=O) groups is 2. The number of esters is 1. The third-order valence-electron chi connectivity index (χ3n) is 5.08. The molecule has 3 heterocycles. The maximum absolute atomic E-state index is 12.7. The number of amides is 2. The fourth-order valence-electron chi connectivity index (χ4n) is 3.51. The Morgan fingerprint density at radius 2 is 1.87 bits per heavy atom. The number of carbonyl (C=O) groups excluding carboxylic acids is 2. The minimum Gasteiger partial charge on any atom is -0.465 e. The summed E-state index contributed by atoms with van der Waals surface area (Å²) in [4.78, 5) is 33.2. The highest BCUT2D eigenvalue weighted by atomic mass is 35.5. The standard InChI is InChI=1S/C21H22ClN5O3/c1-30-20(28)17-4-2-3-5-18(17)24-21(29)26-10-8-25(9-11-26)13-16-14-27-12-15(22)6-7-19(27)23-16/h2-7,12,14H,8-11,13H2,1H3,(H,24,29). The van der Waals surface area contributed by atoms with Crippen LogP contribution in [0.3, 0.4) is 0 Å². The molecule has 0 spiro atoms. The summed E-state index contributed by atoms with van der Waals surface area (Å²) in [5.74, 6) is -0.482. The number of hydrogen-bond donors (Lipinski definition) is 1. The van der Waals surface area contributed by atoms with E-state index in [1.807, 2.05) is 28.9 Å². The molecule has 1 aromatic carbocycles. The second-order valence-electron chi connectivity index (χ2n) is 7.08. The van der Waals surface area contributed by atoms with Crippen molar-refractivity contribution in [3.05, 3.63) is 65.1 Å². The zero-order chi connectivity index (χ0) is 21.1. The van der Waals surface area contributed by atoms with Crippen molar-refractivity contribution in [2.24, 2.45) is 0 Å². The molecule has 30 heavy (non-hydrogen) atoms. The van der Waals surface area contributed by atoms with Crippen molar-refractivity contribution in [3.63, 3.8) is 0 Å². The molecule has 0 unspecified atom stereocenters. The van der Waals surface area contributed by atoms with Crippen LogP contribution in [0.2, 0.25) is 5.02 Å². The first-order valence-corrected chi connectivity index (χ1v) is 10.00. The van der Waals surface area contributed by atoms with Crippen molar-refractivity contribution in [2.45, 2.75) is 6.54 Å². The Morgan fingerprint density at radius 3 is 2.63 bits per heavy atom. The average molecular weight is 428 g/mol. The van der Waals surface area contributed by atoms with Crippen molar-refractivity contribution >= 4 is 34.9 Å². The first kappa shape index (κ1) is 20.2. The number of imidazole rings is 1. The number of urea groups is 1. The Labute approximate surface area is 179 Å². The van der Waals surface area contributed by atoms with Gasteiger partial charge in [-0.25, -0.2) is 14.6 Å². The van der Waals surface area contributed by atoms with Crippen LogP contribution in [-0.4, -0.2) is 64.5 Å². The molecule has 0 bridgehead atoms. The van der Waals surface area contributed by atoms with Crippen molar-refractivity contribution < 1.29 is 14.3 Å². The summed E-state index contributed by atoms with van der Waals surface area (Å²) in [6.45, 7) is 3.36. The van der Waals surface area contributed by atoms with E-state index >= 15 is 0 Å². The molecule has 4 rings (SSSR count). The Kier molecular flexibility index (Phi) is 5.87. The van der Waals surface area contributed by atoms with Gasteiger partial charge in [-0.3, -0.25) is 4.90 Å². The number of para-hydroxylation sites is 1. The van der Waals surface area contributed by atoms with E-state index in [-0.39, 0.29) is 6.03 Å². The highest BCUT2D eigenvalue weighted by Gasteiger charge is 2.23. The van der Waals surface area contributed by atoms with Crippen LogP contribution in [0.1, 0.15) is 16.1 Å². The fraction of sp³-hybridized carbons (Fsp3) is 0.286. The predicted molar refractivity (Wildman–Crippen MR) is 114 cm³/mol. The molecule has 2 amide bonds. The number of piperazine rings is 1. The number of aromatic nitrogens is 2. The maximum atomic E-state index is 12.7. The van der Waals surface area contributed by atoms with Crippen molar-refractivity contribution in [1.29, 1.82) is 0 Å². The Hall–Kier alpha value is -3.10. The highest BCUT2D eigenvalue weighted by molar-refractivity contribution is 6.30. The summed E-state index contributed by atoms with van der Waals surface area (Å²) in [7, 11) is 1.32. The van der Waals surface area contributed by atoms with Gasteiger partial charge in [-0.05, 0) is 24.3 Å². The first-order valence-electron chi connectivity index (χ1n) is 9.62. The van der Waals surface area contributed by atoms with Crippen LogP contribution < -0.4 is 5.32 Å². The molecule has 1 aliphatic rings. The minimum absolute atomic E-state index is 0.228. The molecule has 1 saturated heterocycles. The molecule has 0 aliphatic carbocycles. The molecule has 0 saturated carbocycles. The number of methoxy groups -OCH3 is 1. The molecule has 0 radical (unpaired) electrons. The van der Waals surface area contributed by atoms with Crippen LogP contribution in [-0.2, 0) is 11.3 Å². The van der Waals surface area contributed by atoms with E-state index in [2.05, 4.69) is 15.2 Å². The van der Waals surface area contributed by atoms with Gasteiger partial charge < -0.3 is 19.4 Å². The number of halogens is 1. The predicted octanol–water partition coefficient (Wildman–Crippen LogP) is 3.12. The topological polar surface area (TPSA) is 79.2 Å². The fourth-order valence-corrected chi connectivity index (χ4v) is 3.67. The van der Waals surface area contributed by atoms with Gasteiger partial charge in [0.05, 0.1) is 29.1 Å². The van der Waals surface area contributed by atoms with Gasteiger partial charge >= 0.3 is 12.0 Å². The van der Waals surface area contributed by atoms with Crippen LogP contribution >= 0.6 is 11.6 Å². The molecule has 2 aromatic heterocycles. The Morgan fingerprint density at radius 1 is 1.10 bits per heavy atom. The van der Waals surface area contributed by atoms with Gasteiger partial charge in [0.2, 0.25) is 0 Å². The number of benzene rings is 1. The van der Waals surface area contributed by atoms with E-state index in [1.54, 1.807) is 29.2 Å². The van der Waals surface area contributed by atoms with Crippen molar-refractivity contribution in [1.82, 2.24) is 19.2 Å². The van der Waals surface area contributed by atoms with Crippen LogP contribution in [0.4, 0.5) is 10.5 Å². The highest BCUT2D eigenvalue weighted by Crippen LogP contribution is 2.18. The normalized spacial score (nSPS) is 14.7. The second kappa shape index (κ2) is 8.73. The number of nitrogens with zero attached hydrogens (tertiary/aromatic N) is 4. The van der Waals surface area contributed by atoms with Gasteiger partial charge in [0.1, 0.15) is 5.65 Å². The SMILES string of the molecule is COC(=O)c1ccccc1NC(=O)N1CCN(Cc2cn3cc(Cl)ccc3n2)CC1. The molecule has 1 aliphatic heterocycles. The smallest absolute Gasteiger partial charge is 0.339 e. The van der Waals surface area contributed by atoms with Gasteiger partial charge in [0.25, 0.3) is 0 Å². The van der Waals surface area contributed by atoms with Crippen molar-refractivity contribution in [3.8, 4) is 0 Å². The molecule has 8 nitrogen and oxygen atoms in total. The third-order valence-corrected chi connectivity index (χ3v) is 5.31. The number of fused-ring (bicyclic) bond motifs is 1. The molecule has 0 atom stereocenters. The lowest BCUT2D eigenvalue weighted by Gasteiger charge is -2.34. The lowest BCUT2D eigenvalue weighted by atomic mass is 10.2. The van der Waals surface area contributed by atoms with E-state index in [4.69, 9.17) is 16.3 Å². The molecule has 3 aromatic rings. The summed E-state index contributed by atoms with van der Waals surface area (Å²) in [6.07, 6.45) is 3.81. The summed E-state index contributed by atoms with van der Waals surface area (Å²) in [6, 6.07) is 10.3. The number of hydrogen-bond acceptors (Lipinski definition) is 5. The Bertz CT molecular complexity index is 1080. The van der Waals surface area contributed by atoms with Crippen LogP contribution in [0, 0.1) is 0 Å². The van der Waals surface area contributed by atoms with E-state index in [0.717, 1.165) is 24.4 Å². The van der Waals surface area contributed by atoms with Gasteiger partial charge in [-0.1, -0.05) is 23.7 Å². The van der Waals surface area contributed by atoms with Gasteiger partial charge in [-0.2, -0.15) is 0 Å².